The minimum atomic E-state index is -1.01. The first-order valence-electron chi connectivity index (χ1n) is 6.80. The van der Waals surface area contributed by atoms with Gasteiger partial charge in [-0.25, -0.2) is 4.79 Å². The average Bonchev–Trinajstić information content (AvgIpc) is 2.26. The fourth-order valence-corrected chi connectivity index (χ4v) is 2.87. The van der Waals surface area contributed by atoms with Crippen LogP contribution >= 0.6 is 0 Å². The van der Waals surface area contributed by atoms with Crippen molar-refractivity contribution in [3.8, 4) is 0 Å². The highest BCUT2D eigenvalue weighted by Crippen LogP contribution is 2.28. The third-order valence-electron chi connectivity index (χ3n) is 3.47. The molecule has 5 nitrogen and oxygen atoms in total. The number of nitrogens with zero attached hydrogens (tertiary/aromatic N) is 1. The molecule has 2 amide bonds. The van der Waals surface area contributed by atoms with E-state index in [2.05, 4.69) is 25.7 Å². The lowest BCUT2D eigenvalue weighted by Crippen LogP contribution is -2.48. The normalized spacial score (nSPS) is 26.5. The first kappa shape index (κ1) is 15.5. The van der Waals surface area contributed by atoms with Crippen molar-refractivity contribution in [2.45, 2.75) is 39.2 Å². The van der Waals surface area contributed by atoms with Crippen molar-refractivity contribution in [2.75, 3.05) is 13.1 Å². The number of hydrogen-bond donors (Lipinski definition) is 2. The second-order valence-electron chi connectivity index (χ2n) is 5.63. The summed E-state index contributed by atoms with van der Waals surface area (Å²) in [5.74, 6) is 0.185. The number of carbonyl (C=O) groups is 2. The summed E-state index contributed by atoms with van der Waals surface area (Å²) in [5, 5.41) is 11.7. The summed E-state index contributed by atoms with van der Waals surface area (Å²) in [6.45, 7) is 7.87. The summed E-state index contributed by atoms with van der Waals surface area (Å²) >= 11 is 0. The number of rotatable bonds is 5. The zero-order valence-corrected chi connectivity index (χ0v) is 11.8. The first-order valence-corrected chi connectivity index (χ1v) is 6.80. The van der Waals surface area contributed by atoms with Crippen LogP contribution in [-0.2, 0) is 4.79 Å². The van der Waals surface area contributed by atoms with Crippen LogP contribution in [0.4, 0.5) is 4.79 Å². The quantitative estimate of drug-likeness (QED) is 0.750. The minimum absolute atomic E-state index is 0.146. The Hall–Kier alpha value is -1.52. The molecule has 2 unspecified atom stereocenters. The number of nitrogens with one attached hydrogen (secondary N) is 1. The second kappa shape index (κ2) is 7.16. The summed E-state index contributed by atoms with van der Waals surface area (Å²) in [6, 6.07) is -0.166. The van der Waals surface area contributed by atoms with E-state index in [1.54, 1.807) is 0 Å². The number of urea groups is 1. The van der Waals surface area contributed by atoms with Crippen LogP contribution in [0.1, 0.15) is 33.1 Å². The highest BCUT2D eigenvalue weighted by atomic mass is 16.4. The van der Waals surface area contributed by atoms with E-state index < -0.39 is 5.97 Å². The highest BCUT2D eigenvalue weighted by molar-refractivity contribution is 5.80. The van der Waals surface area contributed by atoms with Crippen molar-refractivity contribution in [1.29, 1.82) is 0 Å². The van der Waals surface area contributed by atoms with Crippen molar-refractivity contribution >= 4 is 12.0 Å². The van der Waals surface area contributed by atoms with Crippen molar-refractivity contribution < 1.29 is 14.7 Å². The highest BCUT2D eigenvalue weighted by Gasteiger charge is 2.26. The van der Waals surface area contributed by atoms with Crippen molar-refractivity contribution in [1.82, 2.24) is 10.2 Å². The van der Waals surface area contributed by atoms with Crippen LogP contribution in [0.3, 0.4) is 0 Å². The summed E-state index contributed by atoms with van der Waals surface area (Å²) in [5.41, 5.74) is 0. The van der Waals surface area contributed by atoms with Crippen LogP contribution in [0.5, 0.6) is 0 Å². The van der Waals surface area contributed by atoms with Crippen molar-refractivity contribution in [3.05, 3.63) is 12.7 Å². The molecule has 1 saturated carbocycles. The third-order valence-corrected chi connectivity index (χ3v) is 3.47. The molecular formula is C14H24N2O3. The topological polar surface area (TPSA) is 69.6 Å². The standard InChI is InChI=1S/C14H24N2O3/c1-4-5-16(9-13(17)18)14(19)15-12-7-10(2)6-11(3)8-12/h4,10-12H,1,5-9H2,2-3H3,(H,15,19)(H,17,18). The van der Waals surface area contributed by atoms with Gasteiger partial charge in [-0.2, -0.15) is 0 Å². The molecule has 0 spiro atoms. The predicted molar refractivity (Wildman–Crippen MR) is 73.9 cm³/mol. The van der Waals surface area contributed by atoms with Crippen LogP contribution in [0.25, 0.3) is 0 Å². The third kappa shape index (κ3) is 5.32. The zero-order chi connectivity index (χ0) is 14.4. The Kier molecular flexibility index (Phi) is 5.86. The number of aliphatic carboxylic acids is 1. The number of carboxylic acids is 1. The van der Waals surface area contributed by atoms with Gasteiger partial charge in [0.15, 0.2) is 0 Å². The molecule has 0 aliphatic heterocycles. The summed E-state index contributed by atoms with van der Waals surface area (Å²) in [6.07, 6.45) is 4.66. The van der Waals surface area contributed by atoms with Gasteiger partial charge < -0.3 is 15.3 Å². The smallest absolute Gasteiger partial charge is 0.323 e. The number of carboxylic acid groups (broad SMARTS) is 1. The molecule has 19 heavy (non-hydrogen) atoms. The maximum absolute atomic E-state index is 12.1. The lowest BCUT2D eigenvalue weighted by atomic mass is 9.80. The molecule has 0 radical (unpaired) electrons. The SMILES string of the molecule is C=CCN(CC(=O)O)C(=O)NC1CC(C)CC(C)C1. The van der Waals surface area contributed by atoms with Gasteiger partial charge in [-0.05, 0) is 31.1 Å². The van der Waals surface area contributed by atoms with Crippen LogP contribution in [0, 0.1) is 11.8 Å². The lowest BCUT2D eigenvalue weighted by molar-refractivity contribution is -0.137. The molecule has 0 aromatic carbocycles. The first-order chi connectivity index (χ1) is 8.92. The van der Waals surface area contributed by atoms with Crippen LogP contribution in [0.2, 0.25) is 0 Å². The van der Waals surface area contributed by atoms with Gasteiger partial charge in [0.05, 0.1) is 0 Å². The van der Waals surface area contributed by atoms with Crippen LogP contribution < -0.4 is 5.32 Å². The van der Waals surface area contributed by atoms with Crippen LogP contribution in [-0.4, -0.2) is 41.1 Å². The largest absolute Gasteiger partial charge is 0.480 e. The van der Waals surface area contributed by atoms with Gasteiger partial charge in [-0.1, -0.05) is 19.9 Å². The van der Waals surface area contributed by atoms with E-state index >= 15 is 0 Å². The Morgan fingerprint density at radius 3 is 2.37 bits per heavy atom. The fourth-order valence-electron chi connectivity index (χ4n) is 2.87. The molecular weight excluding hydrogens is 244 g/mol. The minimum Gasteiger partial charge on any atom is -0.480 e. The molecule has 1 fully saturated rings. The molecule has 0 heterocycles. The van der Waals surface area contributed by atoms with E-state index in [-0.39, 0.29) is 25.2 Å². The molecule has 0 aromatic rings. The van der Waals surface area contributed by atoms with E-state index in [0.717, 1.165) is 12.8 Å². The summed E-state index contributed by atoms with van der Waals surface area (Å²) in [7, 11) is 0. The average molecular weight is 268 g/mol. The van der Waals surface area contributed by atoms with E-state index in [1.165, 1.54) is 17.4 Å². The molecule has 1 aliphatic carbocycles. The Balaban J connectivity index is 2.55. The van der Waals surface area contributed by atoms with Gasteiger partial charge in [0.2, 0.25) is 0 Å². The Morgan fingerprint density at radius 2 is 1.89 bits per heavy atom. The zero-order valence-electron chi connectivity index (χ0n) is 11.8. The summed E-state index contributed by atoms with van der Waals surface area (Å²) in [4.78, 5) is 24.0. The molecule has 2 N–H and O–H groups in total. The van der Waals surface area contributed by atoms with E-state index in [0.29, 0.717) is 11.8 Å². The molecule has 108 valence electrons. The molecule has 1 rings (SSSR count). The van der Waals surface area contributed by atoms with Gasteiger partial charge >= 0.3 is 12.0 Å². The van der Waals surface area contributed by atoms with Crippen molar-refractivity contribution in [3.63, 3.8) is 0 Å². The van der Waals surface area contributed by atoms with E-state index in [1.807, 2.05) is 0 Å². The maximum Gasteiger partial charge on any atom is 0.323 e. The second-order valence-corrected chi connectivity index (χ2v) is 5.63. The Labute approximate surface area is 114 Å². The summed E-state index contributed by atoms with van der Waals surface area (Å²) < 4.78 is 0. The molecule has 0 aromatic heterocycles. The van der Waals surface area contributed by atoms with Crippen LogP contribution in [0.15, 0.2) is 12.7 Å². The lowest BCUT2D eigenvalue weighted by Gasteiger charge is -2.33. The monoisotopic (exact) mass is 268 g/mol. The number of amides is 2. The van der Waals surface area contributed by atoms with E-state index in [4.69, 9.17) is 5.11 Å². The molecule has 1 aliphatic rings. The van der Waals surface area contributed by atoms with Gasteiger partial charge in [0, 0.05) is 12.6 Å². The van der Waals surface area contributed by atoms with E-state index in [9.17, 15) is 9.59 Å². The molecule has 2 atom stereocenters. The molecule has 5 heteroatoms. The van der Waals surface area contributed by atoms with Gasteiger partial charge in [0.25, 0.3) is 0 Å². The van der Waals surface area contributed by atoms with Gasteiger partial charge in [-0.15, -0.1) is 6.58 Å². The maximum atomic E-state index is 12.1. The molecule has 0 saturated heterocycles. The number of hydrogen-bond acceptors (Lipinski definition) is 2. The van der Waals surface area contributed by atoms with Gasteiger partial charge in [0.1, 0.15) is 6.54 Å². The molecule has 0 bridgehead atoms. The predicted octanol–water partition coefficient (Wildman–Crippen LogP) is 2.09. The Bertz CT molecular complexity index is 334. The Morgan fingerprint density at radius 1 is 1.32 bits per heavy atom. The van der Waals surface area contributed by atoms with Crippen molar-refractivity contribution in [2.24, 2.45) is 11.8 Å². The number of carbonyl (C=O) groups excluding carboxylic acids is 1. The van der Waals surface area contributed by atoms with Gasteiger partial charge in [-0.3, -0.25) is 4.79 Å². The fraction of sp³-hybridized carbons (Fsp3) is 0.714.